The molecule has 0 aliphatic heterocycles. The Bertz CT molecular complexity index is 1820. The molecule has 5 atom stereocenters. The molecule has 0 amide bonds. The molecule has 0 aromatic carbocycles. The second kappa shape index (κ2) is 66.9. The maximum Gasteiger partial charge on any atom is 0.472 e. The van der Waals surface area contributed by atoms with Crippen LogP contribution >= 0.6 is 15.6 Å². The standard InChI is InChI=1S/C75H146O17P2/c1-7-9-11-13-15-17-18-19-20-21-22-23-24-25-26-27-28-29-33-41-47-53-59-74(79)91-70(64-86-73(78)58-52-46-40-34-30-32-37-43-49-55-67(3)4)65-89-93(81,82)87-61-69(76)62-88-94(83,84)90-66-71(63-85-72(77)57-51-45-39-31-16-14-12-10-8-2)92-75(80)60-54-48-42-36-35-38-44-50-56-68(5)6/h67-71,76H,7-66H2,1-6H3,(H,81,82)(H,83,84)/t69-,70-,71-/m1/s1. The number of rotatable bonds is 74. The van der Waals surface area contributed by atoms with E-state index in [1.165, 1.54) is 205 Å². The smallest absolute Gasteiger partial charge is 0.462 e. The Morgan fingerprint density at radius 3 is 0.723 bits per heavy atom. The third-order valence-electron chi connectivity index (χ3n) is 17.5. The van der Waals surface area contributed by atoms with Crippen LogP contribution in [0.3, 0.4) is 0 Å². The number of unbranched alkanes of at least 4 members (excludes halogenated alkanes) is 44. The van der Waals surface area contributed by atoms with Gasteiger partial charge in [0.2, 0.25) is 0 Å². The largest absolute Gasteiger partial charge is 0.472 e. The molecule has 0 aliphatic rings. The molecular weight excluding hydrogens is 1230 g/mol. The van der Waals surface area contributed by atoms with Crippen molar-refractivity contribution in [3.05, 3.63) is 0 Å². The van der Waals surface area contributed by atoms with Crippen LogP contribution in [0.2, 0.25) is 0 Å². The molecular formula is C75H146O17P2. The molecule has 0 rings (SSSR count). The molecule has 19 heteroatoms. The number of phosphoric acid groups is 2. The Hall–Kier alpha value is -1.94. The third-order valence-corrected chi connectivity index (χ3v) is 19.4. The third kappa shape index (κ3) is 68.6. The van der Waals surface area contributed by atoms with Crippen LogP contribution in [0.4, 0.5) is 0 Å². The first-order chi connectivity index (χ1) is 45.4. The molecule has 3 N–H and O–H groups in total. The Balaban J connectivity index is 5.16. The van der Waals surface area contributed by atoms with E-state index in [4.69, 9.17) is 37.0 Å². The summed E-state index contributed by atoms with van der Waals surface area (Å²) in [6, 6.07) is 0. The highest BCUT2D eigenvalue weighted by Crippen LogP contribution is 2.45. The fourth-order valence-electron chi connectivity index (χ4n) is 11.5. The zero-order chi connectivity index (χ0) is 69.3. The molecule has 0 bridgehead atoms. The van der Waals surface area contributed by atoms with E-state index in [9.17, 15) is 43.2 Å². The topological polar surface area (TPSA) is 237 Å². The zero-order valence-electron chi connectivity index (χ0n) is 61.3. The zero-order valence-corrected chi connectivity index (χ0v) is 63.1. The molecule has 0 fully saturated rings. The molecule has 0 spiro atoms. The number of esters is 4. The van der Waals surface area contributed by atoms with Gasteiger partial charge in [-0.05, 0) is 37.5 Å². The molecule has 0 radical (unpaired) electrons. The van der Waals surface area contributed by atoms with Crippen LogP contribution in [-0.2, 0) is 65.4 Å². The highest BCUT2D eigenvalue weighted by atomic mass is 31.2. The predicted octanol–water partition coefficient (Wildman–Crippen LogP) is 21.9. The predicted molar refractivity (Wildman–Crippen MR) is 381 cm³/mol. The summed E-state index contributed by atoms with van der Waals surface area (Å²) in [5.74, 6) is -0.660. The number of hydrogen-bond acceptors (Lipinski definition) is 15. The fourth-order valence-corrected chi connectivity index (χ4v) is 13.1. The van der Waals surface area contributed by atoms with Crippen LogP contribution in [0.5, 0.6) is 0 Å². The van der Waals surface area contributed by atoms with Gasteiger partial charge in [0, 0.05) is 25.7 Å². The number of aliphatic hydroxyl groups excluding tert-OH is 1. The van der Waals surface area contributed by atoms with Gasteiger partial charge in [0.25, 0.3) is 0 Å². The van der Waals surface area contributed by atoms with E-state index in [1.807, 2.05) is 0 Å². The van der Waals surface area contributed by atoms with Gasteiger partial charge in [-0.25, -0.2) is 9.13 Å². The maximum absolute atomic E-state index is 13.1. The van der Waals surface area contributed by atoms with E-state index in [2.05, 4.69) is 41.5 Å². The Labute approximate surface area is 575 Å². The summed E-state index contributed by atoms with van der Waals surface area (Å²) in [5.41, 5.74) is 0. The number of ether oxygens (including phenoxy) is 4. The van der Waals surface area contributed by atoms with Crippen molar-refractivity contribution in [2.75, 3.05) is 39.6 Å². The second-order valence-corrected chi connectivity index (χ2v) is 30.9. The van der Waals surface area contributed by atoms with E-state index in [1.54, 1.807) is 0 Å². The van der Waals surface area contributed by atoms with Gasteiger partial charge in [0.15, 0.2) is 12.2 Å². The van der Waals surface area contributed by atoms with Gasteiger partial charge in [-0.15, -0.1) is 0 Å². The van der Waals surface area contributed by atoms with Gasteiger partial charge in [0.05, 0.1) is 26.4 Å². The summed E-state index contributed by atoms with van der Waals surface area (Å²) < 4.78 is 68.4. The molecule has 558 valence electrons. The summed E-state index contributed by atoms with van der Waals surface area (Å²) in [6.07, 6.45) is 54.4. The van der Waals surface area contributed by atoms with Crippen molar-refractivity contribution in [3.8, 4) is 0 Å². The van der Waals surface area contributed by atoms with E-state index in [0.29, 0.717) is 25.7 Å². The molecule has 94 heavy (non-hydrogen) atoms. The second-order valence-electron chi connectivity index (χ2n) is 28.0. The highest BCUT2D eigenvalue weighted by Gasteiger charge is 2.30. The lowest BCUT2D eigenvalue weighted by Crippen LogP contribution is -2.30. The minimum atomic E-state index is -4.96. The maximum atomic E-state index is 13.1. The Morgan fingerprint density at radius 2 is 0.489 bits per heavy atom. The van der Waals surface area contributed by atoms with Crippen LogP contribution in [-0.4, -0.2) is 96.7 Å². The van der Waals surface area contributed by atoms with Crippen molar-refractivity contribution < 1.29 is 80.2 Å². The first-order valence-electron chi connectivity index (χ1n) is 39.0. The first kappa shape index (κ1) is 92.1. The van der Waals surface area contributed by atoms with Gasteiger partial charge in [0.1, 0.15) is 19.3 Å². The van der Waals surface area contributed by atoms with Gasteiger partial charge in [-0.1, -0.05) is 337 Å². The van der Waals surface area contributed by atoms with Crippen molar-refractivity contribution in [1.29, 1.82) is 0 Å². The van der Waals surface area contributed by atoms with E-state index >= 15 is 0 Å². The summed E-state index contributed by atoms with van der Waals surface area (Å²) in [6.45, 7) is 9.50. The minimum Gasteiger partial charge on any atom is -0.462 e. The molecule has 0 saturated carbocycles. The average molecular weight is 1380 g/mol. The number of hydrogen-bond donors (Lipinski definition) is 3. The van der Waals surface area contributed by atoms with Crippen molar-refractivity contribution in [1.82, 2.24) is 0 Å². The van der Waals surface area contributed by atoms with Crippen LogP contribution in [0.1, 0.15) is 388 Å². The summed E-state index contributed by atoms with van der Waals surface area (Å²) in [7, 11) is -9.90. The quantitative estimate of drug-likeness (QED) is 0.0222. The fraction of sp³-hybridized carbons (Fsp3) is 0.947. The normalized spacial score (nSPS) is 14.0. The molecule has 17 nitrogen and oxygen atoms in total. The van der Waals surface area contributed by atoms with Crippen molar-refractivity contribution in [2.24, 2.45) is 11.8 Å². The Kier molecular flexibility index (Phi) is 65.5. The summed E-state index contributed by atoms with van der Waals surface area (Å²) >= 11 is 0. The first-order valence-corrected chi connectivity index (χ1v) is 42.0. The SMILES string of the molecule is CCCCCCCCCCCCCCCCCCCCCCCCC(=O)O[C@H](COC(=O)CCCCCCCCCCCC(C)C)COP(=O)(O)OC[C@@H](O)COP(=O)(O)OC[C@@H](COC(=O)CCCCCCCCCCC)OC(=O)CCCCCCCCCCC(C)C. The number of carbonyl (C=O) groups is 4. The van der Waals surface area contributed by atoms with Crippen LogP contribution in [0.25, 0.3) is 0 Å². The van der Waals surface area contributed by atoms with E-state index in [-0.39, 0.29) is 25.7 Å². The van der Waals surface area contributed by atoms with E-state index < -0.39 is 97.5 Å². The van der Waals surface area contributed by atoms with Crippen molar-refractivity contribution >= 4 is 39.5 Å². The lowest BCUT2D eigenvalue weighted by Gasteiger charge is -2.21. The number of carbonyl (C=O) groups excluding carboxylic acids is 4. The molecule has 0 aromatic rings. The number of phosphoric ester groups is 2. The summed E-state index contributed by atoms with van der Waals surface area (Å²) in [4.78, 5) is 72.6. The number of aliphatic hydroxyl groups is 1. The van der Waals surface area contributed by atoms with Gasteiger partial charge < -0.3 is 33.8 Å². The highest BCUT2D eigenvalue weighted by molar-refractivity contribution is 7.47. The lowest BCUT2D eigenvalue weighted by atomic mass is 10.0. The Morgan fingerprint density at radius 1 is 0.287 bits per heavy atom. The molecule has 0 aromatic heterocycles. The summed E-state index contributed by atoms with van der Waals surface area (Å²) in [5, 5.41) is 10.6. The van der Waals surface area contributed by atoms with Gasteiger partial charge in [-0.3, -0.25) is 37.3 Å². The van der Waals surface area contributed by atoms with Crippen molar-refractivity contribution in [3.63, 3.8) is 0 Å². The molecule has 2 unspecified atom stereocenters. The van der Waals surface area contributed by atoms with Crippen LogP contribution in [0.15, 0.2) is 0 Å². The van der Waals surface area contributed by atoms with Crippen molar-refractivity contribution in [2.45, 2.75) is 407 Å². The monoisotopic (exact) mass is 1380 g/mol. The minimum absolute atomic E-state index is 0.105. The van der Waals surface area contributed by atoms with E-state index in [0.717, 1.165) is 102 Å². The van der Waals surface area contributed by atoms with Crippen LogP contribution in [0, 0.1) is 11.8 Å². The molecule has 0 aliphatic carbocycles. The molecule has 0 saturated heterocycles. The van der Waals surface area contributed by atoms with Crippen LogP contribution < -0.4 is 0 Å². The average Bonchev–Trinajstić information content (AvgIpc) is 2.30. The van der Waals surface area contributed by atoms with Gasteiger partial charge >= 0.3 is 39.5 Å². The lowest BCUT2D eigenvalue weighted by molar-refractivity contribution is -0.161. The van der Waals surface area contributed by atoms with Gasteiger partial charge in [-0.2, -0.15) is 0 Å². The molecule has 0 heterocycles.